The van der Waals surface area contributed by atoms with Crippen LogP contribution in [0.5, 0.6) is 0 Å². The number of hydrogen-bond donors (Lipinski definition) is 0. The minimum absolute atomic E-state index is 1.16. The molecule has 0 amide bonds. The highest BCUT2D eigenvalue weighted by atomic mass is 28.3. The minimum Gasteiger partial charge on any atom is -0.258 e. The summed E-state index contributed by atoms with van der Waals surface area (Å²) in [6.45, 7) is 6.98. The first-order chi connectivity index (χ1) is 5.57. The van der Waals surface area contributed by atoms with E-state index >= 15 is 0 Å². The summed E-state index contributed by atoms with van der Waals surface area (Å²) in [6, 6.07) is 0. The molecule has 12 heavy (non-hydrogen) atoms. The molecule has 0 radical (unpaired) electrons. The zero-order chi connectivity index (χ0) is 8.77. The van der Waals surface area contributed by atoms with Crippen LogP contribution in [0.3, 0.4) is 0 Å². The van der Waals surface area contributed by atoms with Crippen LogP contribution in [0, 0.1) is 0 Å². The maximum Gasteiger partial charge on any atom is 0.101 e. The van der Waals surface area contributed by atoms with Crippen LogP contribution >= 0.6 is 0 Å². The van der Waals surface area contributed by atoms with Gasteiger partial charge in [0, 0.05) is 10.9 Å². The van der Waals surface area contributed by atoms with Gasteiger partial charge in [-0.3, -0.25) is 4.99 Å². The van der Waals surface area contributed by atoms with E-state index < -0.39 is 8.07 Å². The van der Waals surface area contributed by atoms with E-state index in [4.69, 9.17) is 0 Å². The molecule has 0 N–H and O–H groups in total. The van der Waals surface area contributed by atoms with Crippen molar-refractivity contribution in [1.29, 1.82) is 0 Å². The van der Waals surface area contributed by atoms with Gasteiger partial charge in [-0.1, -0.05) is 31.8 Å². The monoisotopic (exact) mass is 175 g/mol. The molecular weight excluding hydrogens is 162 g/mol. The van der Waals surface area contributed by atoms with Crippen LogP contribution in [0.15, 0.2) is 40.6 Å². The Kier molecular flexibility index (Phi) is 1.48. The zero-order valence-electron chi connectivity index (χ0n) is 7.76. The third-order valence-electron chi connectivity index (χ3n) is 2.13. The lowest BCUT2D eigenvalue weighted by Gasteiger charge is -2.13. The summed E-state index contributed by atoms with van der Waals surface area (Å²) in [6.07, 6.45) is 8.51. The highest BCUT2D eigenvalue weighted by molar-refractivity contribution is 7.06. The first kappa shape index (κ1) is 7.74. The molecule has 2 aliphatic rings. The normalized spacial score (nSPS) is 20.4. The molecular formula is C10H13NSi. The molecule has 62 valence electrons. The zero-order valence-corrected chi connectivity index (χ0v) is 8.76. The fourth-order valence-corrected chi connectivity index (χ4v) is 2.39. The molecule has 2 heteroatoms. The van der Waals surface area contributed by atoms with Gasteiger partial charge in [0.25, 0.3) is 0 Å². The maximum atomic E-state index is 4.61. The quantitative estimate of drug-likeness (QED) is 0.543. The van der Waals surface area contributed by atoms with Gasteiger partial charge in [-0.15, -0.1) is 0 Å². The molecule has 0 atom stereocenters. The van der Waals surface area contributed by atoms with Crippen LogP contribution in [0.2, 0.25) is 19.6 Å². The van der Waals surface area contributed by atoms with Crippen molar-refractivity contribution in [3.05, 3.63) is 35.6 Å². The average Bonchev–Trinajstić information content (AvgIpc) is 2.37. The Labute approximate surface area is 74.2 Å². The summed E-state index contributed by atoms with van der Waals surface area (Å²) >= 11 is 0. The number of nitrogens with zero attached hydrogens (tertiary/aromatic N) is 1. The molecule has 0 aromatic heterocycles. The second kappa shape index (κ2) is 2.30. The number of aliphatic imine (C=N–C) groups is 1. The van der Waals surface area contributed by atoms with Crippen molar-refractivity contribution < 1.29 is 0 Å². The molecule has 0 unspecified atom stereocenters. The van der Waals surface area contributed by atoms with E-state index in [-0.39, 0.29) is 0 Å². The van der Waals surface area contributed by atoms with Gasteiger partial charge in [-0.25, -0.2) is 0 Å². The SMILES string of the molecule is C[Si](C)(C)C1=NC2=CC=CC2=C1. The highest BCUT2D eigenvalue weighted by Crippen LogP contribution is 2.27. The topological polar surface area (TPSA) is 12.4 Å². The molecule has 1 aliphatic carbocycles. The third kappa shape index (κ3) is 1.12. The second-order valence-corrected chi connectivity index (χ2v) is 9.27. The van der Waals surface area contributed by atoms with Crippen molar-refractivity contribution >= 4 is 13.4 Å². The first-order valence-electron chi connectivity index (χ1n) is 4.27. The van der Waals surface area contributed by atoms with E-state index in [1.165, 1.54) is 10.9 Å². The summed E-state index contributed by atoms with van der Waals surface area (Å²) in [5, 5.41) is 1.33. The minimum atomic E-state index is -1.19. The van der Waals surface area contributed by atoms with Gasteiger partial charge in [0.1, 0.15) is 8.07 Å². The summed E-state index contributed by atoms with van der Waals surface area (Å²) in [5.74, 6) is 0. The van der Waals surface area contributed by atoms with Crippen molar-refractivity contribution in [3.8, 4) is 0 Å². The Balaban J connectivity index is 2.37. The fourth-order valence-electron chi connectivity index (χ4n) is 1.34. The number of fused-ring (bicyclic) bond motifs is 1. The van der Waals surface area contributed by atoms with Gasteiger partial charge in [-0.2, -0.15) is 0 Å². The van der Waals surface area contributed by atoms with E-state index in [9.17, 15) is 0 Å². The standard InChI is InChI=1S/C10H13NSi/c1-12(2,3)10-7-8-5-4-6-9(8)11-10/h4-7H,1-3H3. The highest BCUT2D eigenvalue weighted by Gasteiger charge is 2.25. The number of hydrogen-bond acceptors (Lipinski definition) is 1. The average molecular weight is 175 g/mol. The molecule has 1 nitrogen and oxygen atoms in total. The van der Waals surface area contributed by atoms with E-state index in [0.717, 1.165) is 5.70 Å². The number of allylic oxidation sites excluding steroid dienone is 4. The third-order valence-corrected chi connectivity index (χ3v) is 3.92. The summed E-state index contributed by atoms with van der Waals surface area (Å²) in [7, 11) is -1.19. The number of rotatable bonds is 1. The van der Waals surface area contributed by atoms with Crippen LogP contribution < -0.4 is 0 Å². The van der Waals surface area contributed by atoms with Gasteiger partial charge < -0.3 is 0 Å². The van der Waals surface area contributed by atoms with Crippen molar-refractivity contribution in [1.82, 2.24) is 0 Å². The summed E-state index contributed by atoms with van der Waals surface area (Å²) in [4.78, 5) is 4.61. The summed E-state index contributed by atoms with van der Waals surface area (Å²) in [5.41, 5.74) is 2.46. The summed E-state index contributed by atoms with van der Waals surface area (Å²) < 4.78 is 0. The van der Waals surface area contributed by atoms with Crippen molar-refractivity contribution in [3.63, 3.8) is 0 Å². The van der Waals surface area contributed by atoms with Crippen molar-refractivity contribution in [2.45, 2.75) is 19.6 Å². The van der Waals surface area contributed by atoms with Gasteiger partial charge in [0.15, 0.2) is 0 Å². The molecule has 0 saturated carbocycles. The lowest BCUT2D eigenvalue weighted by Crippen LogP contribution is -2.30. The smallest absolute Gasteiger partial charge is 0.101 e. The van der Waals surface area contributed by atoms with Crippen LogP contribution in [0.25, 0.3) is 0 Å². The molecule has 0 fully saturated rings. The Morgan fingerprint density at radius 3 is 2.58 bits per heavy atom. The van der Waals surface area contributed by atoms with Crippen LogP contribution in [-0.4, -0.2) is 13.4 Å². The second-order valence-electron chi connectivity index (χ2n) is 4.26. The predicted octanol–water partition coefficient (Wildman–Crippen LogP) is 2.70. The Bertz CT molecular complexity index is 337. The van der Waals surface area contributed by atoms with E-state index in [1.54, 1.807) is 0 Å². The molecule has 0 spiro atoms. The van der Waals surface area contributed by atoms with Crippen LogP contribution in [-0.2, 0) is 0 Å². The van der Waals surface area contributed by atoms with E-state index in [2.05, 4.69) is 48.9 Å². The molecule has 2 rings (SSSR count). The van der Waals surface area contributed by atoms with Gasteiger partial charge in [0.05, 0.1) is 5.70 Å². The van der Waals surface area contributed by atoms with Gasteiger partial charge >= 0.3 is 0 Å². The molecule has 0 saturated heterocycles. The van der Waals surface area contributed by atoms with E-state index in [1.807, 2.05) is 0 Å². The molecule has 0 aromatic carbocycles. The van der Waals surface area contributed by atoms with Crippen molar-refractivity contribution in [2.24, 2.45) is 4.99 Å². The Morgan fingerprint density at radius 2 is 2.00 bits per heavy atom. The maximum absolute atomic E-state index is 4.61. The van der Waals surface area contributed by atoms with Gasteiger partial charge in [-0.05, 0) is 12.2 Å². The predicted molar refractivity (Wildman–Crippen MR) is 56.1 cm³/mol. The molecule has 0 bridgehead atoms. The first-order valence-corrected chi connectivity index (χ1v) is 7.77. The Morgan fingerprint density at radius 1 is 1.25 bits per heavy atom. The van der Waals surface area contributed by atoms with E-state index in [0.29, 0.717) is 0 Å². The molecule has 1 aliphatic heterocycles. The van der Waals surface area contributed by atoms with Crippen LogP contribution in [0.4, 0.5) is 0 Å². The molecule has 1 heterocycles. The van der Waals surface area contributed by atoms with Crippen LogP contribution in [0.1, 0.15) is 0 Å². The Hall–Kier alpha value is -0.893. The fraction of sp³-hybridized carbons (Fsp3) is 0.300. The van der Waals surface area contributed by atoms with Gasteiger partial charge in [0.2, 0.25) is 0 Å². The lowest BCUT2D eigenvalue weighted by atomic mass is 10.3. The van der Waals surface area contributed by atoms with Crippen molar-refractivity contribution in [2.75, 3.05) is 0 Å². The molecule has 0 aromatic rings. The lowest BCUT2D eigenvalue weighted by molar-refractivity contribution is 1.43. The largest absolute Gasteiger partial charge is 0.258 e.